The van der Waals surface area contributed by atoms with Crippen LogP contribution >= 0.6 is 0 Å². The molecule has 0 bridgehead atoms. The lowest BCUT2D eigenvalue weighted by atomic mass is 9.94. The molecule has 1 saturated heterocycles. The van der Waals surface area contributed by atoms with Gasteiger partial charge in [-0.3, -0.25) is 4.98 Å². The number of aromatic nitrogens is 1. The molecule has 0 spiro atoms. The van der Waals surface area contributed by atoms with Crippen molar-refractivity contribution in [1.82, 2.24) is 10.3 Å². The van der Waals surface area contributed by atoms with E-state index < -0.39 is 0 Å². The summed E-state index contributed by atoms with van der Waals surface area (Å²) < 4.78 is 5.71. The van der Waals surface area contributed by atoms with Crippen molar-refractivity contribution in [2.45, 2.75) is 58.2 Å². The zero-order chi connectivity index (χ0) is 15.5. The molecule has 1 unspecified atom stereocenters. The smallest absolute Gasteiger partial charge is 0.0825 e. The van der Waals surface area contributed by atoms with Crippen molar-refractivity contribution in [2.75, 3.05) is 25.1 Å². The molecule has 1 N–H and O–H groups in total. The van der Waals surface area contributed by atoms with E-state index in [2.05, 4.69) is 49.0 Å². The topological polar surface area (TPSA) is 37.4 Å². The number of hydrogen-bond acceptors (Lipinski definition) is 4. The summed E-state index contributed by atoms with van der Waals surface area (Å²) in [6, 6.07) is 2.12. The molecule has 4 heteroatoms. The standard InChI is InChI=1S/C17H29N3O/c1-16(2,3)19-11-14-7-9-18-12-15(14)20-10-6-8-17(4,13-20)21-5/h7,9,12,19H,6,8,10-11,13H2,1-5H3. The van der Waals surface area contributed by atoms with E-state index in [9.17, 15) is 0 Å². The highest BCUT2D eigenvalue weighted by molar-refractivity contribution is 5.52. The summed E-state index contributed by atoms with van der Waals surface area (Å²) in [5, 5.41) is 3.57. The van der Waals surface area contributed by atoms with Crippen LogP contribution in [-0.4, -0.2) is 36.3 Å². The van der Waals surface area contributed by atoms with Crippen LogP contribution in [0.15, 0.2) is 18.5 Å². The number of hydrogen-bond donors (Lipinski definition) is 1. The maximum Gasteiger partial charge on any atom is 0.0825 e. The monoisotopic (exact) mass is 291 g/mol. The van der Waals surface area contributed by atoms with Crippen LogP contribution in [0.1, 0.15) is 46.1 Å². The molecule has 1 atom stereocenters. The van der Waals surface area contributed by atoms with Gasteiger partial charge >= 0.3 is 0 Å². The Morgan fingerprint density at radius 3 is 2.86 bits per heavy atom. The van der Waals surface area contributed by atoms with E-state index >= 15 is 0 Å². The lowest BCUT2D eigenvalue weighted by molar-refractivity contribution is -0.00470. The van der Waals surface area contributed by atoms with Gasteiger partial charge in [-0.1, -0.05) is 0 Å². The van der Waals surface area contributed by atoms with E-state index in [-0.39, 0.29) is 11.1 Å². The molecule has 1 aliphatic heterocycles. The Kier molecular flexibility index (Phi) is 4.89. The molecule has 21 heavy (non-hydrogen) atoms. The zero-order valence-corrected chi connectivity index (χ0v) is 14.1. The summed E-state index contributed by atoms with van der Waals surface area (Å²) in [4.78, 5) is 6.74. The predicted molar refractivity (Wildman–Crippen MR) is 87.7 cm³/mol. The van der Waals surface area contributed by atoms with Gasteiger partial charge < -0.3 is 15.0 Å². The lowest BCUT2D eigenvalue weighted by Crippen LogP contribution is -2.48. The summed E-state index contributed by atoms with van der Waals surface area (Å²) >= 11 is 0. The fraction of sp³-hybridized carbons (Fsp3) is 0.706. The number of pyridine rings is 1. The first-order valence-electron chi connectivity index (χ1n) is 7.81. The van der Waals surface area contributed by atoms with Crippen LogP contribution in [0.2, 0.25) is 0 Å². The van der Waals surface area contributed by atoms with E-state index in [0.717, 1.165) is 32.5 Å². The SMILES string of the molecule is COC1(C)CCCN(c2cnccc2CNC(C)(C)C)C1. The van der Waals surface area contributed by atoms with Crippen LogP contribution in [0.5, 0.6) is 0 Å². The fourth-order valence-electron chi connectivity index (χ4n) is 2.79. The first-order chi connectivity index (χ1) is 9.83. The molecular weight excluding hydrogens is 262 g/mol. The number of anilines is 1. The Balaban J connectivity index is 2.15. The third kappa shape index (κ3) is 4.42. The molecule has 1 aromatic heterocycles. The Morgan fingerprint density at radius 1 is 1.43 bits per heavy atom. The first-order valence-corrected chi connectivity index (χ1v) is 7.81. The molecule has 118 valence electrons. The molecular formula is C17H29N3O. The molecule has 1 aromatic rings. The summed E-state index contributed by atoms with van der Waals surface area (Å²) in [7, 11) is 1.81. The average molecular weight is 291 g/mol. The van der Waals surface area contributed by atoms with E-state index in [1.807, 2.05) is 19.5 Å². The number of rotatable bonds is 4. The molecule has 2 rings (SSSR count). The highest BCUT2D eigenvalue weighted by atomic mass is 16.5. The number of methoxy groups -OCH3 is 1. The largest absolute Gasteiger partial charge is 0.377 e. The summed E-state index contributed by atoms with van der Waals surface area (Å²) in [5.41, 5.74) is 2.60. The van der Waals surface area contributed by atoms with Crippen LogP contribution in [0, 0.1) is 0 Å². The second kappa shape index (κ2) is 6.32. The maximum atomic E-state index is 5.71. The molecule has 0 aromatic carbocycles. The Labute approximate surface area is 128 Å². The quantitative estimate of drug-likeness (QED) is 0.925. The molecule has 0 aliphatic carbocycles. The second-order valence-electron chi connectivity index (χ2n) is 7.29. The maximum absolute atomic E-state index is 5.71. The summed E-state index contributed by atoms with van der Waals surface area (Å²) in [6.07, 6.45) is 6.14. The second-order valence-corrected chi connectivity index (χ2v) is 7.29. The molecule has 0 amide bonds. The van der Waals surface area contributed by atoms with Gasteiger partial charge in [0.25, 0.3) is 0 Å². The van der Waals surface area contributed by atoms with Crippen molar-refractivity contribution in [3.8, 4) is 0 Å². The van der Waals surface area contributed by atoms with Gasteiger partial charge in [-0.05, 0) is 52.2 Å². The Hall–Kier alpha value is -1.13. The minimum Gasteiger partial charge on any atom is -0.377 e. The van der Waals surface area contributed by atoms with Gasteiger partial charge in [0.1, 0.15) is 0 Å². The predicted octanol–water partition coefficient (Wildman–Crippen LogP) is 2.98. The molecule has 2 heterocycles. The highest BCUT2D eigenvalue weighted by Crippen LogP contribution is 2.29. The van der Waals surface area contributed by atoms with Crippen molar-refractivity contribution < 1.29 is 4.74 Å². The summed E-state index contributed by atoms with van der Waals surface area (Å²) in [6.45, 7) is 11.6. The normalized spacial score (nSPS) is 23.4. The van der Waals surface area contributed by atoms with Gasteiger partial charge in [-0.25, -0.2) is 0 Å². The summed E-state index contributed by atoms with van der Waals surface area (Å²) in [5.74, 6) is 0. The minimum absolute atomic E-state index is 0.0528. The van der Waals surface area contributed by atoms with E-state index in [4.69, 9.17) is 4.74 Å². The molecule has 4 nitrogen and oxygen atoms in total. The van der Waals surface area contributed by atoms with Crippen LogP contribution < -0.4 is 10.2 Å². The van der Waals surface area contributed by atoms with Crippen molar-refractivity contribution >= 4 is 5.69 Å². The average Bonchev–Trinajstić information content (AvgIpc) is 2.45. The number of nitrogens with zero attached hydrogens (tertiary/aromatic N) is 2. The van der Waals surface area contributed by atoms with Crippen molar-refractivity contribution in [2.24, 2.45) is 0 Å². The minimum atomic E-state index is -0.0528. The Morgan fingerprint density at radius 2 is 2.19 bits per heavy atom. The van der Waals surface area contributed by atoms with Gasteiger partial charge in [0.2, 0.25) is 0 Å². The van der Waals surface area contributed by atoms with E-state index in [1.54, 1.807) is 0 Å². The van der Waals surface area contributed by atoms with Crippen LogP contribution in [0.3, 0.4) is 0 Å². The molecule has 0 radical (unpaired) electrons. The van der Waals surface area contributed by atoms with Crippen molar-refractivity contribution in [1.29, 1.82) is 0 Å². The van der Waals surface area contributed by atoms with E-state index in [0.29, 0.717) is 0 Å². The lowest BCUT2D eigenvalue weighted by Gasteiger charge is -2.41. The molecule has 0 saturated carbocycles. The van der Waals surface area contributed by atoms with Crippen molar-refractivity contribution in [3.05, 3.63) is 24.0 Å². The van der Waals surface area contributed by atoms with Gasteiger partial charge in [0.05, 0.1) is 17.5 Å². The van der Waals surface area contributed by atoms with Crippen LogP contribution in [0.4, 0.5) is 5.69 Å². The van der Waals surface area contributed by atoms with Gasteiger partial charge in [-0.2, -0.15) is 0 Å². The third-order valence-electron chi connectivity index (χ3n) is 4.19. The van der Waals surface area contributed by atoms with Gasteiger partial charge in [0, 0.05) is 38.5 Å². The van der Waals surface area contributed by atoms with E-state index in [1.165, 1.54) is 11.3 Å². The number of ether oxygens (including phenoxy) is 1. The van der Waals surface area contributed by atoms with Gasteiger partial charge in [-0.15, -0.1) is 0 Å². The molecule has 1 aliphatic rings. The number of nitrogens with one attached hydrogen (secondary N) is 1. The fourth-order valence-corrected chi connectivity index (χ4v) is 2.79. The highest BCUT2D eigenvalue weighted by Gasteiger charge is 2.31. The third-order valence-corrected chi connectivity index (χ3v) is 4.19. The molecule has 1 fully saturated rings. The van der Waals surface area contributed by atoms with Crippen LogP contribution in [-0.2, 0) is 11.3 Å². The van der Waals surface area contributed by atoms with Crippen molar-refractivity contribution in [3.63, 3.8) is 0 Å². The first kappa shape index (κ1) is 16.2. The Bertz CT molecular complexity index is 469. The van der Waals surface area contributed by atoms with Crippen LogP contribution in [0.25, 0.3) is 0 Å². The zero-order valence-electron chi connectivity index (χ0n) is 14.1. The van der Waals surface area contributed by atoms with Gasteiger partial charge in [0.15, 0.2) is 0 Å². The number of piperidine rings is 1.